The summed E-state index contributed by atoms with van der Waals surface area (Å²) in [6.07, 6.45) is 2.74. The molecule has 0 saturated carbocycles. The molecule has 1 atom stereocenters. The van der Waals surface area contributed by atoms with Gasteiger partial charge in [0.2, 0.25) is 5.91 Å². The van der Waals surface area contributed by atoms with Crippen LogP contribution in [0.2, 0.25) is 0 Å². The van der Waals surface area contributed by atoms with E-state index in [1.807, 2.05) is 4.90 Å². The second-order valence-electron chi connectivity index (χ2n) is 4.79. The summed E-state index contributed by atoms with van der Waals surface area (Å²) in [4.78, 5) is 13.9. The van der Waals surface area contributed by atoms with Crippen LogP contribution in [0.25, 0.3) is 0 Å². The first-order chi connectivity index (χ1) is 6.99. The molecule has 15 heavy (non-hydrogen) atoms. The van der Waals surface area contributed by atoms with Gasteiger partial charge in [-0.3, -0.25) is 4.79 Å². The van der Waals surface area contributed by atoms with Crippen LogP contribution >= 0.6 is 0 Å². The van der Waals surface area contributed by atoms with Crippen molar-refractivity contribution < 1.29 is 9.53 Å². The summed E-state index contributed by atoms with van der Waals surface area (Å²) in [6, 6.07) is -0.415. The average molecular weight is 214 g/mol. The zero-order chi connectivity index (χ0) is 11.5. The molecule has 0 radical (unpaired) electrons. The molecule has 0 aromatic rings. The third-order valence-corrected chi connectivity index (χ3v) is 3.12. The summed E-state index contributed by atoms with van der Waals surface area (Å²) < 4.78 is 4.93. The fourth-order valence-corrected chi connectivity index (χ4v) is 2.08. The van der Waals surface area contributed by atoms with Gasteiger partial charge >= 0.3 is 0 Å². The number of carbonyl (C=O) groups is 1. The van der Waals surface area contributed by atoms with Crippen molar-refractivity contribution in [3.8, 4) is 0 Å². The molecule has 0 spiro atoms. The number of methoxy groups -OCH3 is 1. The summed E-state index contributed by atoms with van der Waals surface area (Å²) in [7, 11) is 1.62. The summed E-state index contributed by atoms with van der Waals surface area (Å²) in [6.45, 7) is 5.58. The number of carbonyl (C=O) groups excluding carboxylic acids is 1. The summed E-state index contributed by atoms with van der Waals surface area (Å²) >= 11 is 0. The molecule has 1 rings (SSSR count). The van der Waals surface area contributed by atoms with E-state index < -0.39 is 6.04 Å². The topological polar surface area (TPSA) is 55.6 Å². The van der Waals surface area contributed by atoms with Crippen molar-refractivity contribution in [2.24, 2.45) is 5.73 Å². The highest BCUT2D eigenvalue weighted by atomic mass is 16.5. The molecule has 0 aromatic carbocycles. The fraction of sp³-hybridized carbons (Fsp3) is 0.909. The molecule has 4 nitrogen and oxygen atoms in total. The predicted molar refractivity (Wildman–Crippen MR) is 59.5 cm³/mol. The highest BCUT2D eigenvalue weighted by Gasteiger charge is 2.37. The second kappa shape index (κ2) is 4.94. The van der Waals surface area contributed by atoms with Gasteiger partial charge in [-0.2, -0.15) is 0 Å². The largest absolute Gasteiger partial charge is 0.385 e. The van der Waals surface area contributed by atoms with Crippen LogP contribution in [0.3, 0.4) is 0 Å². The number of nitrogens with zero attached hydrogens (tertiary/aromatic N) is 1. The lowest BCUT2D eigenvalue weighted by molar-refractivity contribution is -0.136. The smallest absolute Gasteiger partial charge is 0.240 e. The number of likely N-dealkylation sites (tertiary alicyclic amines) is 1. The van der Waals surface area contributed by atoms with Gasteiger partial charge in [0.05, 0.1) is 6.04 Å². The van der Waals surface area contributed by atoms with E-state index in [4.69, 9.17) is 10.5 Å². The molecule has 0 bridgehead atoms. The van der Waals surface area contributed by atoms with Gasteiger partial charge in [0.15, 0.2) is 0 Å². The molecule has 2 N–H and O–H groups in total. The maximum absolute atomic E-state index is 12.0. The van der Waals surface area contributed by atoms with Gasteiger partial charge < -0.3 is 15.4 Å². The molecule has 1 unspecified atom stereocenters. The molecular formula is C11H22N2O2. The maximum atomic E-state index is 12.0. The Balaban J connectivity index is 2.52. The van der Waals surface area contributed by atoms with Crippen LogP contribution in [0, 0.1) is 0 Å². The van der Waals surface area contributed by atoms with E-state index in [0.717, 1.165) is 19.4 Å². The van der Waals surface area contributed by atoms with Crippen molar-refractivity contribution in [3.05, 3.63) is 0 Å². The van der Waals surface area contributed by atoms with Crippen molar-refractivity contribution >= 4 is 5.91 Å². The quantitative estimate of drug-likeness (QED) is 0.751. The van der Waals surface area contributed by atoms with Crippen LogP contribution in [0.1, 0.15) is 33.1 Å². The monoisotopic (exact) mass is 214 g/mol. The normalized spacial score (nSPS) is 21.7. The van der Waals surface area contributed by atoms with Crippen LogP contribution in [-0.2, 0) is 9.53 Å². The molecule has 0 aliphatic carbocycles. The van der Waals surface area contributed by atoms with Crippen LogP contribution in [0.5, 0.6) is 0 Å². The van der Waals surface area contributed by atoms with Gasteiger partial charge in [0.25, 0.3) is 0 Å². The summed E-state index contributed by atoms with van der Waals surface area (Å²) in [5, 5.41) is 0. The standard InChI is InChI=1S/C11H22N2O2/c1-11(2)6-4-7-13(11)10(14)9(12)5-8-15-3/h9H,4-8,12H2,1-3H3. The zero-order valence-corrected chi connectivity index (χ0v) is 9.95. The molecule has 1 heterocycles. The van der Waals surface area contributed by atoms with Crippen molar-refractivity contribution in [2.45, 2.75) is 44.7 Å². The van der Waals surface area contributed by atoms with E-state index in [2.05, 4.69) is 13.8 Å². The fourth-order valence-electron chi connectivity index (χ4n) is 2.08. The Morgan fingerprint density at radius 3 is 2.73 bits per heavy atom. The number of ether oxygens (including phenoxy) is 1. The maximum Gasteiger partial charge on any atom is 0.240 e. The van der Waals surface area contributed by atoms with Gasteiger partial charge in [0.1, 0.15) is 0 Å². The van der Waals surface area contributed by atoms with Crippen LogP contribution in [-0.4, -0.2) is 42.6 Å². The van der Waals surface area contributed by atoms with Gasteiger partial charge in [-0.05, 0) is 33.1 Å². The van der Waals surface area contributed by atoms with E-state index in [-0.39, 0.29) is 11.4 Å². The first-order valence-electron chi connectivity index (χ1n) is 5.55. The lowest BCUT2D eigenvalue weighted by atomic mass is 10.0. The van der Waals surface area contributed by atoms with E-state index in [0.29, 0.717) is 13.0 Å². The molecule has 1 fully saturated rings. The van der Waals surface area contributed by atoms with Crippen LogP contribution < -0.4 is 5.73 Å². The Labute approximate surface area is 91.8 Å². The lowest BCUT2D eigenvalue weighted by Gasteiger charge is -2.33. The summed E-state index contributed by atoms with van der Waals surface area (Å²) in [5.41, 5.74) is 5.81. The predicted octanol–water partition coefficient (Wildman–Crippen LogP) is 0.751. The molecule has 1 amide bonds. The minimum Gasteiger partial charge on any atom is -0.385 e. The number of hydrogen-bond donors (Lipinski definition) is 1. The first-order valence-corrected chi connectivity index (χ1v) is 5.55. The van der Waals surface area contributed by atoms with Crippen molar-refractivity contribution in [1.29, 1.82) is 0 Å². The molecule has 0 aromatic heterocycles. The van der Waals surface area contributed by atoms with E-state index >= 15 is 0 Å². The van der Waals surface area contributed by atoms with E-state index in [9.17, 15) is 4.79 Å². The van der Waals surface area contributed by atoms with Crippen molar-refractivity contribution in [1.82, 2.24) is 4.90 Å². The Kier molecular flexibility index (Phi) is 4.11. The van der Waals surface area contributed by atoms with Crippen molar-refractivity contribution in [2.75, 3.05) is 20.3 Å². The molecule has 1 aliphatic heterocycles. The first kappa shape index (κ1) is 12.5. The minimum absolute atomic E-state index is 0.0260. The third-order valence-electron chi connectivity index (χ3n) is 3.12. The number of nitrogens with two attached hydrogens (primary N) is 1. The zero-order valence-electron chi connectivity index (χ0n) is 9.95. The highest BCUT2D eigenvalue weighted by Crippen LogP contribution is 2.28. The Morgan fingerprint density at radius 1 is 1.60 bits per heavy atom. The number of amides is 1. The van der Waals surface area contributed by atoms with Gasteiger partial charge in [-0.15, -0.1) is 0 Å². The SMILES string of the molecule is COCCC(N)C(=O)N1CCCC1(C)C. The summed E-state index contributed by atoms with van der Waals surface area (Å²) in [5.74, 6) is 0.0644. The van der Waals surface area contributed by atoms with E-state index in [1.54, 1.807) is 7.11 Å². The molecule has 4 heteroatoms. The molecule has 88 valence electrons. The lowest BCUT2D eigenvalue weighted by Crippen LogP contribution is -2.50. The van der Waals surface area contributed by atoms with E-state index in [1.165, 1.54) is 0 Å². The van der Waals surface area contributed by atoms with Gasteiger partial charge in [-0.25, -0.2) is 0 Å². The number of hydrogen-bond acceptors (Lipinski definition) is 3. The molecule has 1 aliphatic rings. The Bertz CT molecular complexity index is 229. The molecule has 1 saturated heterocycles. The van der Waals surface area contributed by atoms with Gasteiger partial charge in [-0.1, -0.05) is 0 Å². The van der Waals surface area contributed by atoms with Crippen LogP contribution in [0.4, 0.5) is 0 Å². The Hall–Kier alpha value is -0.610. The average Bonchev–Trinajstić information content (AvgIpc) is 2.53. The Morgan fingerprint density at radius 2 is 2.27 bits per heavy atom. The van der Waals surface area contributed by atoms with Crippen molar-refractivity contribution in [3.63, 3.8) is 0 Å². The highest BCUT2D eigenvalue weighted by molar-refractivity contribution is 5.82. The second-order valence-corrected chi connectivity index (χ2v) is 4.79. The molecular weight excluding hydrogens is 192 g/mol. The van der Waals surface area contributed by atoms with Crippen LogP contribution in [0.15, 0.2) is 0 Å². The third kappa shape index (κ3) is 2.92. The van der Waals surface area contributed by atoms with Gasteiger partial charge in [0, 0.05) is 25.8 Å². The minimum atomic E-state index is -0.415. The number of rotatable bonds is 4.